The van der Waals surface area contributed by atoms with Crippen LogP contribution in [0.3, 0.4) is 0 Å². The second kappa shape index (κ2) is 11.0. The number of carbonyl (C=O) groups is 1. The molecular formula is C31H29ClF3N5O3. The number of amides is 1. The normalized spacial score (nSPS) is 13.9. The number of alkyl halides is 3. The number of nitrogen functional groups attached to an aromatic ring is 1. The third-order valence-corrected chi connectivity index (χ3v) is 7.99. The summed E-state index contributed by atoms with van der Waals surface area (Å²) in [5.74, 6) is -0.539. The number of fused-ring (bicyclic) bond motifs is 1. The molecule has 12 heteroatoms. The van der Waals surface area contributed by atoms with Gasteiger partial charge in [-0.3, -0.25) is 23.9 Å². The van der Waals surface area contributed by atoms with Gasteiger partial charge in [0.05, 0.1) is 33.0 Å². The number of aromatic nitrogens is 3. The number of aryl methyl sites for hydroxylation is 1. The summed E-state index contributed by atoms with van der Waals surface area (Å²) >= 11 is 6.67. The number of carbonyl (C=O) groups excluding carboxylic acids is 1. The second-order valence-corrected chi connectivity index (χ2v) is 11.4. The Balaban J connectivity index is 1.84. The van der Waals surface area contributed by atoms with Crippen LogP contribution in [-0.2, 0) is 17.5 Å². The summed E-state index contributed by atoms with van der Waals surface area (Å²) in [6.45, 7) is 9.82. The second-order valence-electron chi connectivity index (χ2n) is 11.0. The van der Waals surface area contributed by atoms with E-state index in [2.05, 4.69) is 11.6 Å². The van der Waals surface area contributed by atoms with Crippen molar-refractivity contribution in [2.45, 2.75) is 39.4 Å². The number of pyridine rings is 1. The molecule has 0 atom stereocenters. The van der Waals surface area contributed by atoms with Crippen molar-refractivity contribution in [3.8, 4) is 16.8 Å². The highest BCUT2D eigenvalue weighted by Gasteiger charge is 2.35. The van der Waals surface area contributed by atoms with Crippen molar-refractivity contribution in [1.82, 2.24) is 19.0 Å². The van der Waals surface area contributed by atoms with Gasteiger partial charge in [0, 0.05) is 43.0 Å². The van der Waals surface area contributed by atoms with Crippen LogP contribution in [0.25, 0.3) is 27.8 Å². The number of anilines is 1. The summed E-state index contributed by atoms with van der Waals surface area (Å²) in [4.78, 5) is 45.6. The van der Waals surface area contributed by atoms with Gasteiger partial charge in [0.25, 0.3) is 0 Å². The van der Waals surface area contributed by atoms with Crippen molar-refractivity contribution < 1.29 is 18.0 Å². The van der Waals surface area contributed by atoms with E-state index in [1.54, 1.807) is 24.1 Å². The topological polar surface area (TPSA) is 103 Å². The van der Waals surface area contributed by atoms with E-state index in [9.17, 15) is 27.6 Å². The molecule has 2 aromatic heterocycles. The molecule has 0 unspecified atom stereocenters. The number of nitrogens with two attached hydrogens (primary N) is 1. The Morgan fingerprint density at radius 1 is 1.12 bits per heavy atom. The highest BCUT2D eigenvalue weighted by Crippen LogP contribution is 2.42. The highest BCUT2D eigenvalue weighted by atomic mass is 35.5. The Morgan fingerprint density at radius 2 is 1.81 bits per heavy atom. The summed E-state index contributed by atoms with van der Waals surface area (Å²) < 4.78 is 44.8. The SMILES string of the molecule is C=CC(=O)N1CC(Cn2c(=O)c(=O)n(-c3c(C)ccnc3C(C)C)c3cc(-c4cc(N)ccc4C(F)(F)F)c(Cl)cc32)C1. The van der Waals surface area contributed by atoms with E-state index in [0.29, 0.717) is 30.0 Å². The third kappa shape index (κ3) is 5.33. The fraction of sp³-hybridized carbons (Fsp3) is 0.290. The number of halogens is 4. The highest BCUT2D eigenvalue weighted by molar-refractivity contribution is 6.34. The van der Waals surface area contributed by atoms with Gasteiger partial charge in [-0.15, -0.1) is 0 Å². The van der Waals surface area contributed by atoms with Gasteiger partial charge in [-0.05, 0) is 66.4 Å². The first kappa shape index (κ1) is 30.1. The Labute approximate surface area is 249 Å². The molecule has 5 rings (SSSR count). The zero-order valence-corrected chi connectivity index (χ0v) is 24.5. The summed E-state index contributed by atoms with van der Waals surface area (Å²) in [7, 11) is 0. The molecule has 0 bridgehead atoms. The lowest BCUT2D eigenvalue weighted by molar-refractivity contribution is -0.137. The van der Waals surface area contributed by atoms with Crippen LogP contribution in [0.5, 0.6) is 0 Å². The smallest absolute Gasteiger partial charge is 0.399 e. The molecular weight excluding hydrogens is 583 g/mol. The van der Waals surface area contributed by atoms with Gasteiger partial charge in [0.2, 0.25) is 5.91 Å². The first-order valence-corrected chi connectivity index (χ1v) is 13.9. The van der Waals surface area contributed by atoms with Crippen molar-refractivity contribution in [2.75, 3.05) is 18.8 Å². The molecule has 8 nitrogen and oxygen atoms in total. The molecule has 224 valence electrons. The van der Waals surface area contributed by atoms with Crippen LogP contribution in [0.4, 0.5) is 18.9 Å². The van der Waals surface area contributed by atoms with E-state index in [-0.39, 0.29) is 57.2 Å². The average molecular weight is 612 g/mol. The largest absolute Gasteiger partial charge is 0.417 e. The minimum Gasteiger partial charge on any atom is -0.399 e. The minimum atomic E-state index is -4.72. The Bertz CT molecular complexity index is 1910. The maximum atomic E-state index is 14.1. The quantitative estimate of drug-likeness (QED) is 0.175. The van der Waals surface area contributed by atoms with Gasteiger partial charge in [-0.25, -0.2) is 0 Å². The van der Waals surface area contributed by atoms with E-state index in [0.717, 1.165) is 12.1 Å². The van der Waals surface area contributed by atoms with Gasteiger partial charge >= 0.3 is 17.3 Å². The van der Waals surface area contributed by atoms with Crippen molar-refractivity contribution in [1.29, 1.82) is 0 Å². The molecule has 0 saturated carbocycles. The minimum absolute atomic E-state index is 0.00817. The van der Waals surface area contributed by atoms with Crippen LogP contribution in [-0.4, -0.2) is 38.0 Å². The van der Waals surface area contributed by atoms with Crippen molar-refractivity contribution in [3.63, 3.8) is 0 Å². The van der Waals surface area contributed by atoms with Crippen LogP contribution in [0.1, 0.15) is 36.6 Å². The molecule has 1 aliphatic rings. The summed E-state index contributed by atoms with van der Waals surface area (Å²) in [5.41, 5.74) is 5.04. The van der Waals surface area contributed by atoms with Gasteiger partial charge < -0.3 is 15.2 Å². The fourth-order valence-electron chi connectivity index (χ4n) is 5.56. The molecule has 0 spiro atoms. The number of benzene rings is 2. The third-order valence-electron chi connectivity index (χ3n) is 7.68. The predicted molar refractivity (Wildman–Crippen MR) is 161 cm³/mol. The lowest BCUT2D eigenvalue weighted by atomic mass is 9.97. The van der Waals surface area contributed by atoms with E-state index < -0.39 is 22.9 Å². The monoisotopic (exact) mass is 611 g/mol. The fourth-order valence-corrected chi connectivity index (χ4v) is 5.82. The van der Waals surface area contributed by atoms with Gasteiger partial charge in [-0.2, -0.15) is 13.2 Å². The van der Waals surface area contributed by atoms with Gasteiger partial charge in [0.15, 0.2) is 0 Å². The Morgan fingerprint density at radius 3 is 2.44 bits per heavy atom. The van der Waals surface area contributed by atoms with Crippen molar-refractivity contribution >= 4 is 34.2 Å². The average Bonchev–Trinajstić information content (AvgIpc) is 2.91. The molecule has 43 heavy (non-hydrogen) atoms. The molecule has 1 amide bonds. The predicted octanol–water partition coefficient (Wildman–Crippen LogP) is 5.55. The molecule has 2 N–H and O–H groups in total. The molecule has 1 saturated heterocycles. The van der Waals surface area contributed by atoms with Gasteiger partial charge in [-0.1, -0.05) is 32.0 Å². The lowest BCUT2D eigenvalue weighted by Gasteiger charge is -2.39. The molecule has 0 radical (unpaired) electrons. The maximum absolute atomic E-state index is 14.1. The number of hydrogen-bond donors (Lipinski definition) is 1. The first-order chi connectivity index (χ1) is 20.2. The van der Waals surface area contributed by atoms with Crippen LogP contribution in [0, 0.1) is 12.8 Å². The summed E-state index contributed by atoms with van der Waals surface area (Å²) in [5, 5.41) is -0.0639. The van der Waals surface area contributed by atoms with E-state index in [1.807, 2.05) is 13.8 Å². The molecule has 2 aromatic carbocycles. The van der Waals surface area contributed by atoms with Crippen molar-refractivity contribution in [2.24, 2.45) is 5.92 Å². The van der Waals surface area contributed by atoms with Crippen LogP contribution < -0.4 is 16.9 Å². The first-order valence-electron chi connectivity index (χ1n) is 13.6. The van der Waals surface area contributed by atoms with Crippen molar-refractivity contribution in [3.05, 3.63) is 97.8 Å². The van der Waals surface area contributed by atoms with Crippen LogP contribution in [0.2, 0.25) is 5.02 Å². The van der Waals surface area contributed by atoms with E-state index in [1.165, 1.54) is 33.4 Å². The number of hydrogen-bond acceptors (Lipinski definition) is 5. The van der Waals surface area contributed by atoms with E-state index >= 15 is 0 Å². The zero-order chi connectivity index (χ0) is 31.4. The summed E-state index contributed by atoms with van der Waals surface area (Å²) in [6, 6.07) is 7.71. The molecule has 1 aliphatic heterocycles. The Kier molecular flexibility index (Phi) is 7.72. The van der Waals surface area contributed by atoms with Gasteiger partial charge in [0.1, 0.15) is 0 Å². The Hall–Kier alpha value is -4.38. The number of nitrogens with zero attached hydrogens (tertiary/aromatic N) is 4. The van der Waals surface area contributed by atoms with E-state index in [4.69, 9.17) is 17.3 Å². The molecule has 0 aliphatic carbocycles. The molecule has 1 fully saturated rings. The lowest BCUT2D eigenvalue weighted by Crippen LogP contribution is -2.52. The standard InChI is InChI=1S/C31H29ClF3N5O3/c1-5-26(41)38-13-18(14-38)15-39-24-12-23(32)21(20-10-19(36)6-7-22(20)31(33,34)35)11-25(24)40(30(43)29(39)42)28-17(4)8-9-37-27(28)16(2)3/h5-12,16,18H,1,13-15,36H2,2-4H3. The summed E-state index contributed by atoms with van der Waals surface area (Å²) in [6.07, 6.45) is -1.92. The number of likely N-dealkylation sites (tertiary alicyclic amines) is 1. The van der Waals surface area contributed by atoms with Crippen LogP contribution >= 0.6 is 11.6 Å². The molecule has 3 heterocycles. The number of rotatable bonds is 6. The maximum Gasteiger partial charge on any atom is 0.417 e. The molecule has 4 aromatic rings. The zero-order valence-electron chi connectivity index (χ0n) is 23.7. The van der Waals surface area contributed by atoms with Crippen LogP contribution in [0.15, 0.2) is 64.8 Å².